The normalized spacial score (nSPS) is 10.3. The van der Waals surface area contributed by atoms with Gasteiger partial charge in [-0.15, -0.1) is 0 Å². The molecule has 0 aliphatic carbocycles. The van der Waals surface area contributed by atoms with Crippen molar-refractivity contribution in [1.29, 1.82) is 0 Å². The molecule has 0 radical (unpaired) electrons. The fourth-order valence-electron chi connectivity index (χ4n) is 1.29. The minimum Gasteiger partial charge on any atom is -0.476 e. The lowest BCUT2D eigenvalue weighted by atomic mass is 10.1. The molecule has 1 aromatic carbocycles. The van der Waals surface area contributed by atoms with Crippen molar-refractivity contribution in [2.45, 2.75) is 6.42 Å². The molecule has 0 amide bonds. The third kappa shape index (κ3) is 2.08. The van der Waals surface area contributed by atoms with Crippen LogP contribution in [-0.4, -0.2) is 16.1 Å². The van der Waals surface area contributed by atoms with Crippen molar-refractivity contribution in [2.24, 2.45) is 0 Å². The Morgan fingerprint density at radius 3 is 2.81 bits per heavy atom. The lowest BCUT2D eigenvalue weighted by Gasteiger charge is -1.98. The van der Waals surface area contributed by atoms with Crippen LogP contribution in [0.25, 0.3) is 0 Å². The summed E-state index contributed by atoms with van der Waals surface area (Å²) in [6.45, 7) is 0. The van der Waals surface area contributed by atoms with Crippen LogP contribution in [0.1, 0.15) is 21.9 Å². The van der Waals surface area contributed by atoms with E-state index in [-0.39, 0.29) is 23.8 Å². The number of halogens is 1. The molecule has 4 nitrogen and oxygen atoms in total. The van der Waals surface area contributed by atoms with Crippen LogP contribution in [0, 0.1) is 5.82 Å². The third-order valence-electron chi connectivity index (χ3n) is 2.07. The van der Waals surface area contributed by atoms with Crippen molar-refractivity contribution in [3.63, 3.8) is 0 Å². The SMILES string of the molecule is O=C(O)c1coc(Cc2ccccc2F)n1. The van der Waals surface area contributed by atoms with Crippen LogP contribution in [0.4, 0.5) is 4.39 Å². The van der Waals surface area contributed by atoms with Crippen LogP contribution in [0.5, 0.6) is 0 Å². The van der Waals surface area contributed by atoms with Crippen LogP contribution in [0.15, 0.2) is 34.9 Å². The average Bonchev–Trinajstić information content (AvgIpc) is 2.70. The van der Waals surface area contributed by atoms with Gasteiger partial charge in [-0.3, -0.25) is 0 Å². The van der Waals surface area contributed by atoms with E-state index in [1.54, 1.807) is 18.2 Å². The Labute approximate surface area is 90.4 Å². The van der Waals surface area contributed by atoms with Gasteiger partial charge in [0.15, 0.2) is 11.6 Å². The maximum Gasteiger partial charge on any atom is 0.357 e. The Hall–Kier alpha value is -2.17. The van der Waals surface area contributed by atoms with Crippen LogP contribution < -0.4 is 0 Å². The summed E-state index contributed by atoms with van der Waals surface area (Å²) < 4.78 is 18.2. The number of carboxylic acid groups (broad SMARTS) is 1. The van der Waals surface area contributed by atoms with Crippen LogP contribution in [0.3, 0.4) is 0 Å². The van der Waals surface area contributed by atoms with E-state index in [1.807, 2.05) is 0 Å². The second-order valence-corrected chi connectivity index (χ2v) is 3.20. The van der Waals surface area contributed by atoms with Crippen molar-refractivity contribution >= 4 is 5.97 Å². The van der Waals surface area contributed by atoms with Gasteiger partial charge in [-0.2, -0.15) is 0 Å². The first-order valence-corrected chi connectivity index (χ1v) is 4.58. The number of aromatic carboxylic acids is 1. The maximum atomic E-state index is 13.3. The highest BCUT2D eigenvalue weighted by molar-refractivity contribution is 5.84. The largest absolute Gasteiger partial charge is 0.476 e. The molecule has 2 aromatic rings. The molecule has 16 heavy (non-hydrogen) atoms. The number of carboxylic acids is 1. The molecule has 0 saturated heterocycles. The first-order valence-electron chi connectivity index (χ1n) is 4.58. The van der Waals surface area contributed by atoms with Crippen molar-refractivity contribution in [1.82, 2.24) is 4.98 Å². The molecule has 0 unspecified atom stereocenters. The van der Waals surface area contributed by atoms with Gasteiger partial charge in [0.2, 0.25) is 0 Å². The molecule has 0 spiro atoms. The molecule has 0 saturated carbocycles. The standard InChI is InChI=1S/C11H8FNO3/c12-8-4-2-1-3-7(8)5-10-13-9(6-16-10)11(14)15/h1-4,6H,5H2,(H,14,15). The molecule has 0 fully saturated rings. The highest BCUT2D eigenvalue weighted by Crippen LogP contribution is 2.12. The van der Waals surface area contributed by atoms with Crippen molar-refractivity contribution in [2.75, 3.05) is 0 Å². The van der Waals surface area contributed by atoms with Gasteiger partial charge in [0.05, 0.1) is 6.42 Å². The summed E-state index contributed by atoms with van der Waals surface area (Å²) in [4.78, 5) is 14.3. The molecule has 0 aliphatic heterocycles. The van der Waals surface area contributed by atoms with Crippen LogP contribution >= 0.6 is 0 Å². The zero-order valence-corrected chi connectivity index (χ0v) is 8.18. The number of aromatic nitrogens is 1. The van der Waals surface area contributed by atoms with Crippen LogP contribution in [0.2, 0.25) is 0 Å². The molecular weight excluding hydrogens is 213 g/mol. The molecule has 0 bridgehead atoms. The third-order valence-corrected chi connectivity index (χ3v) is 2.07. The van der Waals surface area contributed by atoms with Crippen molar-refractivity contribution in [3.8, 4) is 0 Å². The van der Waals surface area contributed by atoms with Crippen molar-refractivity contribution in [3.05, 3.63) is 53.5 Å². The smallest absolute Gasteiger partial charge is 0.357 e. The van der Waals surface area contributed by atoms with Crippen molar-refractivity contribution < 1.29 is 18.7 Å². The number of hydrogen-bond donors (Lipinski definition) is 1. The predicted octanol–water partition coefficient (Wildman–Crippen LogP) is 2.10. The molecular formula is C11H8FNO3. The van der Waals surface area contributed by atoms with E-state index in [0.717, 1.165) is 6.26 Å². The maximum absolute atomic E-state index is 13.3. The summed E-state index contributed by atoms with van der Waals surface area (Å²) in [5, 5.41) is 8.62. The van der Waals surface area contributed by atoms with Gasteiger partial charge in [0.25, 0.3) is 0 Å². The number of nitrogens with zero attached hydrogens (tertiary/aromatic N) is 1. The van der Waals surface area contributed by atoms with Gasteiger partial charge in [0.1, 0.15) is 12.1 Å². The van der Waals surface area contributed by atoms with Gasteiger partial charge in [-0.05, 0) is 11.6 Å². The minimum absolute atomic E-state index is 0.139. The van der Waals surface area contributed by atoms with Gasteiger partial charge in [-0.1, -0.05) is 18.2 Å². The molecule has 1 aromatic heterocycles. The zero-order chi connectivity index (χ0) is 11.5. The van der Waals surface area contributed by atoms with E-state index < -0.39 is 5.97 Å². The molecule has 0 aliphatic rings. The zero-order valence-electron chi connectivity index (χ0n) is 8.18. The summed E-state index contributed by atoms with van der Waals surface area (Å²) in [5.41, 5.74) is 0.243. The quantitative estimate of drug-likeness (QED) is 0.862. The molecule has 1 N–H and O–H groups in total. The Bertz CT molecular complexity index is 521. The van der Waals surface area contributed by atoms with E-state index in [4.69, 9.17) is 9.52 Å². The lowest BCUT2D eigenvalue weighted by molar-refractivity contribution is 0.0690. The Morgan fingerprint density at radius 2 is 2.19 bits per heavy atom. The highest BCUT2D eigenvalue weighted by Gasteiger charge is 2.11. The second-order valence-electron chi connectivity index (χ2n) is 3.20. The summed E-state index contributed by atoms with van der Waals surface area (Å²) >= 11 is 0. The van der Waals surface area contributed by atoms with E-state index in [0.29, 0.717) is 5.56 Å². The highest BCUT2D eigenvalue weighted by atomic mass is 19.1. The monoisotopic (exact) mass is 221 g/mol. The molecule has 5 heteroatoms. The summed E-state index contributed by atoms with van der Waals surface area (Å²) in [6.07, 6.45) is 1.18. The van der Waals surface area contributed by atoms with Gasteiger partial charge < -0.3 is 9.52 Å². The first-order chi connectivity index (χ1) is 7.66. The fourth-order valence-corrected chi connectivity index (χ4v) is 1.29. The van der Waals surface area contributed by atoms with E-state index in [2.05, 4.69) is 4.98 Å². The van der Waals surface area contributed by atoms with Gasteiger partial charge in [0, 0.05) is 0 Å². The number of benzene rings is 1. The number of rotatable bonds is 3. The number of carbonyl (C=O) groups is 1. The molecule has 82 valence electrons. The van der Waals surface area contributed by atoms with Crippen LogP contribution in [-0.2, 0) is 6.42 Å². The van der Waals surface area contributed by atoms with Gasteiger partial charge in [-0.25, -0.2) is 14.2 Å². The topological polar surface area (TPSA) is 63.3 Å². The summed E-state index contributed by atoms with van der Waals surface area (Å²) in [5.74, 6) is -1.34. The Kier molecular flexibility index (Phi) is 2.68. The van der Waals surface area contributed by atoms with Gasteiger partial charge >= 0.3 is 5.97 Å². The second kappa shape index (κ2) is 4.14. The number of oxazole rings is 1. The predicted molar refractivity (Wildman–Crippen MR) is 52.7 cm³/mol. The van der Waals surface area contributed by atoms with E-state index in [9.17, 15) is 9.18 Å². The molecule has 1 heterocycles. The average molecular weight is 221 g/mol. The van der Waals surface area contributed by atoms with E-state index in [1.165, 1.54) is 6.07 Å². The molecule has 0 atom stereocenters. The Morgan fingerprint density at radius 1 is 1.44 bits per heavy atom. The fraction of sp³-hybridized carbons (Fsp3) is 0.0909. The minimum atomic E-state index is -1.16. The Balaban J connectivity index is 2.21. The lowest BCUT2D eigenvalue weighted by Crippen LogP contribution is -1.97. The summed E-state index contributed by atoms with van der Waals surface area (Å²) in [7, 11) is 0. The first kappa shape index (κ1) is 10.4. The van der Waals surface area contributed by atoms with E-state index >= 15 is 0 Å². The number of hydrogen-bond acceptors (Lipinski definition) is 3. The molecule has 2 rings (SSSR count). The summed E-state index contributed by atoms with van der Waals surface area (Å²) in [6, 6.07) is 6.20.